The molecular weight excluding hydrogens is 258 g/mol. The van der Waals surface area contributed by atoms with Crippen molar-refractivity contribution in [3.05, 3.63) is 23.8 Å². The molecule has 0 saturated carbocycles. The predicted octanol–water partition coefficient (Wildman–Crippen LogP) is 0.885. The van der Waals surface area contributed by atoms with Crippen molar-refractivity contribution in [2.24, 2.45) is 0 Å². The molecule has 7 heteroatoms. The quantitative estimate of drug-likeness (QED) is 0.779. The number of fused-ring (bicyclic) bond motifs is 1. The van der Waals surface area contributed by atoms with Gasteiger partial charge in [0.15, 0.2) is 0 Å². The number of hydrogen-bond acceptors (Lipinski definition) is 4. The number of halogens is 2. The van der Waals surface area contributed by atoms with Crippen molar-refractivity contribution in [3.8, 4) is 0 Å². The monoisotopic (exact) mass is 270 g/mol. The van der Waals surface area contributed by atoms with E-state index in [4.69, 9.17) is 5.11 Å². The van der Waals surface area contributed by atoms with Crippen LogP contribution in [0.5, 0.6) is 0 Å². The van der Waals surface area contributed by atoms with Crippen LogP contribution in [0, 0.1) is 0 Å². The highest BCUT2D eigenvalue weighted by atomic mass is 19.3. The average molecular weight is 270 g/mol. The number of aliphatic hydroxyl groups is 1. The fraction of sp³-hybridized carbons (Fsp3) is 0.333. The van der Waals surface area contributed by atoms with E-state index in [0.717, 1.165) is 0 Å². The summed E-state index contributed by atoms with van der Waals surface area (Å²) in [6.07, 6.45) is -2.55. The van der Waals surface area contributed by atoms with Gasteiger partial charge in [-0.2, -0.15) is 0 Å². The van der Waals surface area contributed by atoms with Crippen LogP contribution in [-0.4, -0.2) is 42.9 Å². The third-order valence-electron chi connectivity index (χ3n) is 2.80. The summed E-state index contributed by atoms with van der Waals surface area (Å²) in [4.78, 5) is 23.9. The summed E-state index contributed by atoms with van der Waals surface area (Å²) < 4.78 is 24.9. The van der Waals surface area contributed by atoms with E-state index in [1.165, 1.54) is 23.1 Å². The molecule has 1 aliphatic heterocycles. The molecule has 0 saturated heterocycles. The van der Waals surface area contributed by atoms with Crippen LogP contribution >= 0.6 is 0 Å². The topological polar surface area (TPSA) is 69.6 Å². The van der Waals surface area contributed by atoms with Crippen LogP contribution in [0.2, 0.25) is 0 Å². The smallest absolute Gasteiger partial charge is 0.296 e. The molecular formula is C12H12F2N2O3. The second-order valence-corrected chi connectivity index (χ2v) is 4.07. The van der Waals surface area contributed by atoms with Crippen LogP contribution in [0.4, 0.5) is 20.2 Å². The molecule has 102 valence electrons. The standard InChI is InChI=1S/C12H12F2N2O3/c13-10(14)6-16(3-4-17)7-1-2-8-9(5-7)15-12(19)11(8)18/h1-2,5,10,17H,3-4,6H2,(H,15,18,19). The number of anilines is 2. The summed E-state index contributed by atoms with van der Waals surface area (Å²) in [5.74, 6) is -1.36. The molecule has 19 heavy (non-hydrogen) atoms. The number of carbonyl (C=O) groups is 2. The van der Waals surface area contributed by atoms with E-state index >= 15 is 0 Å². The number of nitrogens with zero attached hydrogens (tertiary/aromatic N) is 1. The van der Waals surface area contributed by atoms with E-state index in [0.29, 0.717) is 11.4 Å². The van der Waals surface area contributed by atoms with Crippen molar-refractivity contribution in [1.29, 1.82) is 0 Å². The molecule has 1 aliphatic rings. The van der Waals surface area contributed by atoms with Crippen LogP contribution in [0.25, 0.3) is 0 Å². The predicted molar refractivity (Wildman–Crippen MR) is 64.7 cm³/mol. The summed E-state index contributed by atoms with van der Waals surface area (Å²) in [6, 6.07) is 4.35. The van der Waals surface area contributed by atoms with Gasteiger partial charge in [-0.3, -0.25) is 9.59 Å². The zero-order valence-electron chi connectivity index (χ0n) is 9.90. The number of amides is 1. The Morgan fingerprint density at radius 1 is 1.32 bits per heavy atom. The van der Waals surface area contributed by atoms with Crippen molar-refractivity contribution in [3.63, 3.8) is 0 Å². The lowest BCUT2D eigenvalue weighted by molar-refractivity contribution is -0.112. The molecule has 1 aromatic rings. The summed E-state index contributed by atoms with van der Waals surface area (Å²) in [6.45, 7) is -0.749. The molecule has 1 amide bonds. The number of rotatable bonds is 5. The van der Waals surface area contributed by atoms with Gasteiger partial charge in [0, 0.05) is 12.2 Å². The molecule has 0 radical (unpaired) electrons. The number of Topliss-reactive ketones (excluding diaryl/α,β-unsaturated/α-hetero) is 1. The highest BCUT2D eigenvalue weighted by Gasteiger charge is 2.28. The summed E-state index contributed by atoms with van der Waals surface area (Å²) >= 11 is 0. The van der Waals surface area contributed by atoms with E-state index in [-0.39, 0.29) is 18.7 Å². The number of aliphatic hydroxyl groups excluding tert-OH is 1. The lowest BCUT2D eigenvalue weighted by Gasteiger charge is -2.23. The van der Waals surface area contributed by atoms with Crippen LogP contribution in [0.15, 0.2) is 18.2 Å². The Labute approximate surface area is 107 Å². The van der Waals surface area contributed by atoms with Crippen molar-refractivity contribution >= 4 is 23.1 Å². The molecule has 2 N–H and O–H groups in total. The van der Waals surface area contributed by atoms with Gasteiger partial charge in [0.1, 0.15) is 0 Å². The van der Waals surface area contributed by atoms with Crippen molar-refractivity contribution < 1.29 is 23.5 Å². The number of alkyl halides is 2. The zero-order chi connectivity index (χ0) is 14.0. The molecule has 1 aromatic carbocycles. The minimum absolute atomic E-state index is 0.0466. The maximum atomic E-state index is 12.4. The van der Waals surface area contributed by atoms with Crippen molar-refractivity contribution in [2.45, 2.75) is 6.43 Å². The second kappa shape index (κ2) is 5.31. The normalized spacial score (nSPS) is 13.7. The van der Waals surface area contributed by atoms with E-state index in [1.807, 2.05) is 0 Å². The molecule has 0 aliphatic carbocycles. The van der Waals surface area contributed by atoms with E-state index in [1.54, 1.807) is 0 Å². The lowest BCUT2D eigenvalue weighted by Crippen LogP contribution is -2.31. The van der Waals surface area contributed by atoms with Gasteiger partial charge in [0.2, 0.25) is 0 Å². The first-order valence-corrected chi connectivity index (χ1v) is 5.66. The molecule has 5 nitrogen and oxygen atoms in total. The highest BCUT2D eigenvalue weighted by Crippen LogP contribution is 2.28. The van der Waals surface area contributed by atoms with Crippen LogP contribution in [0.1, 0.15) is 10.4 Å². The first kappa shape index (κ1) is 13.4. The summed E-state index contributed by atoms with van der Waals surface area (Å²) in [7, 11) is 0. The molecule has 0 spiro atoms. The van der Waals surface area contributed by atoms with Gasteiger partial charge in [0.25, 0.3) is 18.1 Å². The zero-order valence-corrected chi connectivity index (χ0v) is 9.90. The average Bonchev–Trinajstić information content (AvgIpc) is 2.63. The largest absolute Gasteiger partial charge is 0.395 e. The third kappa shape index (κ3) is 2.70. The molecule has 0 aromatic heterocycles. The minimum atomic E-state index is -2.55. The van der Waals surface area contributed by atoms with Gasteiger partial charge in [-0.25, -0.2) is 8.78 Å². The number of carbonyl (C=O) groups excluding carboxylic acids is 2. The third-order valence-corrected chi connectivity index (χ3v) is 2.80. The van der Waals surface area contributed by atoms with E-state index in [9.17, 15) is 18.4 Å². The van der Waals surface area contributed by atoms with Gasteiger partial charge in [-0.05, 0) is 18.2 Å². The van der Waals surface area contributed by atoms with Crippen LogP contribution in [-0.2, 0) is 4.79 Å². The summed E-state index contributed by atoms with van der Waals surface area (Å²) in [5, 5.41) is 11.3. The summed E-state index contributed by atoms with van der Waals surface area (Å²) in [5.41, 5.74) is 0.961. The maximum Gasteiger partial charge on any atom is 0.296 e. The Morgan fingerprint density at radius 2 is 2.05 bits per heavy atom. The molecule has 0 fully saturated rings. The molecule has 0 unspecified atom stereocenters. The Morgan fingerprint density at radius 3 is 2.68 bits per heavy atom. The molecule has 0 bridgehead atoms. The van der Waals surface area contributed by atoms with Crippen LogP contribution in [0.3, 0.4) is 0 Å². The fourth-order valence-corrected chi connectivity index (χ4v) is 1.94. The SMILES string of the molecule is O=C1Nc2cc(N(CCO)CC(F)F)ccc2C1=O. The first-order valence-electron chi connectivity index (χ1n) is 5.66. The number of benzene rings is 1. The number of nitrogens with one attached hydrogen (secondary N) is 1. The number of ketones is 1. The second-order valence-electron chi connectivity index (χ2n) is 4.07. The van der Waals surface area contributed by atoms with Gasteiger partial charge in [-0.15, -0.1) is 0 Å². The Kier molecular flexibility index (Phi) is 3.75. The molecule has 1 heterocycles. The maximum absolute atomic E-state index is 12.4. The van der Waals surface area contributed by atoms with Gasteiger partial charge < -0.3 is 15.3 Å². The Hall–Kier alpha value is -2.02. The van der Waals surface area contributed by atoms with Gasteiger partial charge in [-0.1, -0.05) is 0 Å². The van der Waals surface area contributed by atoms with Crippen LogP contribution < -0.4 is 10.2 Å². The Bertz CT molecular complexity index is 520. The minimum Gasteiger partial charge on any atom is -0.395 e. The highest BCUT2D eigenvalue weighted by molar-refractivity contribution is 6.51. The number of hydrogen-bond donors (Lipinski definition) is 2. The molecule has 2 rings (SSSR count). The van der Waals surface area contributed by atoms with E-state index < -0.39 is 24.7 Å². The fourth-order valence-electron chi connectivity index (χ4n) is 1.94. The first-order chi connectivity index (χ1) is 9.02. The van der Waals surface area contributed by atoms with E-state index in [2.05, 4.69) is 5.32 Å². The van der Waals surface area contributed by atoms with Crippen molar-refractivity contribution in [2.75, 3.05) is 29.9 Å². The molecule has 0 atom stereocenters. The van der Waals surface area contributed by atoms with Crippen molar-refractivity contribution in [1.82, 2.24) is 0 Å². The van der Waals surface area contributed by atoms with Gasteiger partial charge >= 0.3 is 0 Å². The van der Waals surface area contributed by atoms with Gasteiger partial charge in [0.05, 0.1) is 24.4 Å². The Balaban J connectivity index is 2.28. The lowest BCUT2D eigenvalue weighted by atomic mass is 10.1.